The highest BCUT2D eigenvalue weighted by molar-refractivity contribution is 5.12. The van der Waals surface area contributed by atoms with Gasteiger partial charge in [-0.05, 0) is 38.2 Å². The van der Waals surface area contributed by atoms with Gasteiger partial charge in [-0.25, -0.2) is 0 Å². The van der Waals surface area contributed by atoms with Crippen LogP contribution in [0.2, 0.25) is 0 Å². The Morgan fingerprint density at radius 1 is 1.35 bits per heavy atom. The van der Waals surface area contributed by atoms with E-state index in [0.29, 0.717) is 6.04 Å². The number of pyridine rings is 1. The molecular formula is C13H22N4. The summed E-state index contributed by atoms with van der Waals surface area (Å²) in [7, 11) is 4.34. The highest BCUT2D eigenvalue weighted by Crippen LogP contribution is 2.12. The van der Waals surface area contributed by atoms with Crippen molar-refractivity contribution in [1.82, 2.24) is 14.8 Å². The van der Waals surface area contributed by atoms with Crippen molar-refractivity contribution in [2.75, 3.05) is 33.7 Å². The van der Waals surface area contributed by atoms with E-state index in [-0.39, 0.29) is 6.04 Å². The summed E-state index contributed by atoms with van der Waals surface area (Å²) >= 11 is 0. The molecule has 4 heteroatoms. The molecule has 1 aromatic heterocycles. The Bertz CT molecular complexity index is 341. The number of aromatic nitrogens is 1. The molecule has 1 fully saturated rings. The van der Waals surface area contributed by atoms with Crippen LogP contribution in [0.15, 0.2) is 24.5 Å². The van der Waals surface area contributed by atoms with Gasteiger partial charge >= 0.3 is 0 Å². The lowest BCUT2D eigenvalue weighted by molar-refractivity contribution is 0.0973. The fourth-order valence-corrected chi connectivity index (χ4v) is 2.43. The third-order valence-electron chi connectivity index (χ3n) is 3.61. The highest BCUT2D eigenvalue weighted by atomic mass is 15.3. The molecule has 0 saturated carbocycles. The van der Waals surface area contributed by atoms with Gasteiger partial charge in [-0.2, -0.15) is 0 Å². The number of nitrogens with zero attached hydrogens (tertiary/aromatic N) is 3. The van der Waals surface area contributed by atoms with E-state index in [4.69, 9.17) is 5.73 Å². The van der Waals surface area contributed by atoms with Crippen molar-refractivity contribution in [1.29, 1.82) is 0 Å². The van der Waals surface area contributed by atoms with Crippen LogP contribution >= 0.6 is 0 Å². The van der Waals surface area contributed by atoms with E-state index >= 15 is 0 Å². The molecule has 2 heterocycles. The van der Waals surface area contributed by atoms with Crippen molar-refractivity contribution in [2.24, 2.45) is 5.73 Å². The number of nitrogens with two attached hydrogens (primary N) is 1. The van der Waals surface area contributed by atoms with E-state index in [9.17, 15) is 0 Å². The average Bonchev–Trinajstić information content (AvgIpc) is 2.33. The minimum atomic E-state index is 0.185. The third kappa shape index (κ3) is 3.25. The van der Waals surface area contributed by atoms with Crippen molar-refractivity contribution < 1.29 is 0 Å². The van der Waals surface area contributed by atoms with Crippen molar-refractivity contribution in [3.05, 3.63) is 30.1 Å². The summed E-state index contributed by atoms with van der Waals surface area (Å²) in [6, 6.07) is 4.73. The minimum Gasteiger partial charge on any atom is -0.326 e. The summed E-state index contributed by atoms with van der Waals surface area (Å²) < 4.78 is 0. The summed E-state index contributed by atoms with van der Waals surface area (Å²) in [5.41, 5.74) is 7.62. The maximum Gasteiger partial charge on any atom is 0.0375 e. The van der Waals surface area contributed by atoms with Gasteiger partial charge in [-0.15, -0.1) is 0 Å². The lowest BCUT2D eigenvalue weighted by Gasteiger charge is -2.40. The quantitative estimate of drug-likeness (QED) is 0.811. The molecule has 1 aromatic rings. The number of hydrogen-bond acceptors (Lipinski definition) is 4. The zero-order chi connectivity index (χ0) is 12.3. The second-order valence-electron chi connectivity index (χ2n) is 5.03. The van der Waals surface area contributed by atoms with Crippen LogP contribution in [0.3, 0.4) is 0 Å². The topological polar surface area (TPSA) is 45.4 Å². The molecule has 1 saturated heterocycles. The largest absolute Gasteiger partial charge is 0.326 e. The monoisotopic (exact) mass is 234 g/mol. The van der Waals surface area contributed by atoms with Crippen LogP contribution in [0.4, 0.5) is 0 Å². The van der Waals surface area contributed by atoms with Gasteiger partial charge in [-0.1, -0.05) is 0 Å². The van der Waals surface area contributed by atoms with Gasteiger partial charge in [0.2, 0.25) is 0 Å². The van der Waals surface area contributed by atoms with E-state index < -0.39 is 0 Å². The summed E-state index contributed by atoms with van der Waals surface area (Å²) in [5.74, 6) is 0. The van der Waals surface area contributed by atoms with Gasteiger partial charge in [0, 0.05) is 44.1 Å². The standard InChI is InChI=1S/C13H22N4/c1-16-7-8-17(2)13(10-16)12(14)9-11-3-5-15-6-4-11/h3-6,12-13H,7-10,14H2,1-2H3. The molecule has 2 rings (SSSR count). The third-order valence-corrected chi connectivity index (χ3v) is 3.61. The van der Waals surface area contributed by atoms with Gasteiger partial charge < -0.3 is 10.6 Å². The molecule has 1 aliphatic heterocycles. The van der Waals surface area contributed by atoms with Crippen LogP contribution in [0, 0.1) is 0 Å². The van der Waals surface area contributed by atoms with E-state index in [0.717, 1.165) is 26.1 Å². The Morgan fingerprint density at radius 3 is 2.76 bits per heavy atom. The van der Waals surface area contributed by atoms with E-state index in [1.807, 2.05) is 24.5 Å². The lowest BCUT2D eigenvalue weighted by Crippen LogP contribution is -2.58. The van der Waals surface area contributed by atoms with E-state index in [1.54, 1.807) is 0 Å². The van der Waals surface area contributed by atoms with Crippen molar-refractivity contribution in [3.8, 4) is 0 Å². The maximum atomic E-state index is 6.34. The molecule has 94 valence electrons. The van der Waals surface area contributed by atoms with Crippen LogP contribution in [0.5, 0.6) is 0 Å². The Kier molecular flexibility index (Phi) is 4.10. The molecule has 0 aromatic carbocycles. The van der Waals surface area contributed by atoms with Gasteiger partial charge in [0.1, 0.15) is 0 Å². The van der Waals surface area contributed by atoms with Crippen LogP contribution in [0.25, 0.3) is 0 Å². The predicted molar refractivity (Wildman–Crippen MR) is 69.8 cm³/mol. The molecule has 4 nitrogen and oxygen atoms in total. The molecule has 2 N–H and O–H groups in total. The maximum absolute atomic E-state index is 6.34. The average molecular weight is 234 g/mol. The Balaban J connectivity index is 1.97. The second kappa shape index (κ2) is 5.58. The molecular weight excluding hydrogens is 212 g/mol. The first kappa shape index (κ1) is 12.5. The minimum absolute atomic E-state index is 0.185. The first-order valence-electron chi connectivity index (χ1n) is 6.20. The molecule has 0 radical (unpaired) electrons. The van der Waals surface area contributed by atoms with Gasteiger partial charge in [0.15, 0.2) is 0 Å². The summed E-state index contributed by atoms with van der Waals surface area (Å²) in [6.07, 6.45) is 4.59. The number of hydrogen-bond donors (Lipinski definition) is 1. The normalized spacial score (nSPS) is 24.8. The summed E-state index contributed by atoms with van der Waals surface area (Å²) in [5, 5.41) is 0. The van der Waals surface area contributed by atoms with E-state index in [1.165, 1.54) is 5.56 Å². The zero-order valence-electron chi connectivity index (χ0n) is 10.7. The van der Waals surface area contributed by atoms with Crippen molar-refractivity contribution >= 4 is 0 Å². The highest BCUT2D eigenvalue weighted by Gasteiger charge is 2.27. The van der Waals surface area contributed by atoms with Crippen molar-refractivity contribution in [2.45, 2.75) is 18.5 Å². The molecule has 0 aliphatic carbocycles. The van der Waals surface area contributed by atoms with Crippen LogP contribution < -0.4 is 5.73 Å². The SMILES string of the molecule is CN1CCN(C)C(C(N)Cc2ccncc2)C1. The molecule has 17 heavy (non-hydrogen) atoms. The molecule has 2 unspecified atom stereocenters. The number of rotatable bonds is 3. The van der Waals surface area contributed by atoms with Gasteiger partial charge in [0.25, 0.3) is 0 Å². The lowest BCUT2D eigenvalue weighted by atomic mass is 9.98. The molecule has 0 bridgehead atoms. The van der Waals surface area contributed by atoms with Crippen LogP contribution in [-0.2, 0) is 6.42 Å². The first-order chi connectivity index (χ1) is 8.16. The second-order valence-corrected chi connectivity index (χ2v) is 5.03. The number of likely N-dealkylation sites (N-methyl/N-ethyl adjacent to an activating group) is 2. The zero-order valence-corrected chi connectivity index (χ0v) is 10.7. The fraction of sp³-hybridized carbons (Fsp3) is 0.615. The summed E-state index contributed by atoms with van der Waals surface area (Å²) in [4.78, 5) is 8.77. The first-order valence-corrected chi connectivity index (χ1v) is 6.20. The Labute approximate surface area is 103 Å². The molecule has 2 atom stereocenters. The molecule has 1 aliphatic rings. The summed E-state index contributed by atoms with van der Waals surface area (Å²) in [6.45, 7) is 3.29. The van der Waals surface area contributed by atoms with Gasteiger partial charge in [0.05, 0.1) is 0 Å². The van der Waals surface area contributed by atoms with Crippen molar-refractivity contribution in [3.63, 3.8) is 0 Å². The fourth-order valence-electron chi connectivity index (χ4n) is 2.43. The van der Waals surface area contributed by atoms with E-state index in [2.05, 4.69) is 28.9 Å². The Hall–Kier alpha value is -0.970. The Morgan fingerprint density at radius 2 is 2.06 bits per heavy atom. The predicted octanol–water partition coefficient (Wildman–Crippen LogP) is 0.197. The van der Waals surface area contributed by atoms with Crippen LogP contribution in [-0.4, -0.2) is 60.6 Å². The van der Waals surface area contributed by atoms with Gasteiger partial charge in [-0.3, -0.25) is 9.88 Å². The van der Waals surface area contributed by atoms with Crippen LogP contribution in [0.1, 0.15) is 5.56 Å². The smallest absolute Gasteiger partial charge is 0.0375 e. The molecule has 0 spiro atoms. The molecule has 0 amide bonds. The number of piperazine rings is 1.